The van der Waals surface area contributed by atoms with Gasteiger partial charge < -0.3 is 9.53 Å². The lowest BCUT2D eigenvalue weighted by Gasteiger charge is -2.23. The third kappa shape index (κ3) is 3.72. The number of carbonyl (C=O) groups excluding carboxylic acids is 2. The van der Waals surface area contributed by atoms with E-state index in [4.69, 9.17) is 4.74 Å². The van der Waals surface area contributed by atoms with Gasteiger partial charge in [-0.2, -0.15) is 0 Å². The molecule has 0 saturated carbocycles. The molecule has 0 amide bonds. The van der Waals surface area contributed by atoms with Gasteiger partial charge in [0.15, 0.2) is 0 Å². The van der Waals surface area contributed by atoms with Crippen LogP contribution in [0.1, 0.15) is 20.8 Å². The van der Waals surface area contributed by atoms with Crippen LogP contribution in [0.4, 0.5) is 0 Å². The topological polar surface area (TPSA) is 55.4 Å². The summed E-state index contributed by atoms with van der Waals surface area (Å²) in [5.74, 6) is -0.630. The lowest BCUT2D eigenvalue weighted by atomic mass is 9.90. The Kier molecular flexibility index (Phi) is 6.67. The van der Waals surface area contributed by atoms with Gasteiger partial charge >= 0.3 is 5.97 Å². The molecule has 1 unspecified atom stereocenters. The molecular weight excluding hydrogens is 201 g/mol. The first kappa shape index (κ1) is 13.5. The molecule has 0 aromatic rings. The minimum absolute atomic E-state index is 0.106. The smallest absolute Gasteiger partial charge is 0.324 e. The van der Waals surface area contributed by atoms with Crippen molar-refractivity contribution < 1.29 is 14.3 Å². The Labute approximate surface area is 87.0 Å². The Morgan fingerprint density at radius 3 is 2.43 bits per heavy atom. The van der Waals surface area contributed by atoms with Crippen LogP contribution in [0.15, 0.2) is 0 Å². The number of rotatable bonds is 6. The second kappa shape index (κ2) is 6.91. The zero-order valence-corrected chi connectivity index (χ0v) is 9.97. The summed E-state index contributed by atoms with van der Waals surface area (Å²) in [6.45, 7) is 5.86. The number of esters is 1. The van der Waals surface area contributed by atoms with Gasteiger partial charge in [-0.3, -0.25) is 9.88 Å². The molecule has 0 fully saturated rings. The maximum atomic E-state index is 11.4. The molecule has 0 aromatic heterocycles. The summed E-state index contributed by atoms with van der Waals surface area (Å²) in [6.07, 6.45) is 0.795. The SMILES string of the molecule is CCOC(=O)[C@@H](NP)[C@@H](C=O)C(C)C. The van der Waals surface area contributed by atoms with Crippen molar-refractivity contribution in [3.8, 4) is 0 Å². The van der Waals surface area contributed by atoms with Crippen LogP contribution in [0.2, 0.25) is 0 Å². The van der Waals surface area contributed by atoms with Gasteiger partial charge in [-0.25, -0.2) is 0 Å². The van der Waals surface area contributed by atoms with Crippen molar-refractivity contribution in [3.63, 3.8) is 0 Å². The van der Waals surface area contributed by atoms with Crippen LogP contribution in [0.5, 0.6) is 0 Å². The fourth-order valence-corrected chi connectivity index (χ4v) is 1.55. The van der Waals surface area contributed by atoms with Crippen molar-refractivity contribution in [3.05, 3.63) is 0 Å². The molecule has 0 spiro atoms. The van der Waals surface area contributed by atoms with Crippen molar-refractivity contribution in [1.29, 1.82) is 0 Å². The van der Waals surface area contributed by atoms with E-state index in [-0.39, 0.29) is 17.8 Å². The summed E-state index contributed by atoms with van der Waals surface area (Å²) in [4.78, 5) is 22.2. The first-order chi connectivity index (χ1) is 6.58. The number of carbonyl (C=O) groups is 2. The fourth-order valence-electron chi connectivity index (χ4n) is 1.19. The zero-order chi connectivity index (χ0) is 11.1. The quantitative estimate of drug-likeness (QED) is 0.407. The predicted octanol–water partition coefficient (Wildman–Crippen LogP) is 0.769. The molecule has 0 radical (unpaired) electrons. The van der Waals surface area contributed by atoms with Crippen LogP contribution in [0.3, 0.4) is 0 Å². The summed E-state index contributed by atoms with van der Waals surface area (Å²) in [5, 5.41) is 2.73. The molecule has 14 heavy (non-hydrogen) atoms. The molecular formula is C9H18NO3P. The predicted molar refractivity (Wildman–Crippen MR) is 57.7 cm³/mol. The Morgan fingerprint density at radius 2 is 2.14 bits per heavy atom. The Balaban J connectivity index is 4.50. The molecule has 5 heteroatoms. The molecule has 0 saturated heterocycles. The van der Waals surface area contributed by atoms with E-state index in [9.17, 15) is 9.59 Å². The highest BCUT2D eigenvalue weighted by Gasteiger charge is 2.30. The maximum Gasteiger partial charge on any atom is 0.324 e. The van der Waals surface area contributed by atoms with Crippen molar-refractivity contribution in [1.82, 2.24) is 5.09 Å². The van der Waals surface area contributed by atoms with Crippen molar-refractivity contribution in [2.75, 3.05) is 6.61 Å². The first-order valence-corrected chi connectivity index (χ1v) is 5.24. The summed E-state index contributed by atoms with van der Waals surface area (Å²) in [7, 11) is 2.25. The zero-order valence-electron chi connectivity index (χ0n) is 8.82. The number of hydrogen-bond acceptors (Lipinski definition) is 4. The second-order valence-electron chi connectivity index (χ2n) is 3.35. The van der Waals surface area contributed by atoms with Crippen molar-refractivity contribution in [2.24, 2.45) is 11.8 Å². The standard InChI is InChI=1S/C9H18NO3P/c1-4-13-9(12)8(10-14)7(5-11)6(2)3/h5-8,10H,4,14H2,1-3H3/t7-,8-/m0/s1. The third-order valence-electron chi connectivity index (χ3n) is 2.03. The van der Waals surface area contributed by atoms with E-state index in [0.717, 1.165) is 6.29 Å². The molecule has 3 atom stereocenters. The minimum atomic E-state index is -0.572. The highest BCUT2D eigenvalue weighted by Crippen LogP contribution is 2.15. The molecule has 82 valence electrons. The van der Waals surface area contributed by atoms with Gasteiger partial charge in [0.2, 0.25) is 0 Å². The Bertz CT molecular complexity index is 196. The van der Waals surface area contributed by atoms with Gasteiger partial charge in [0.05, 0.1) is 6.61 Å². The van der Waals surface area contributed by atoms with E-state index in [1.165, 1.54) is 0 Å². The van der Waals surface area contributed by atoms with E-state index in [1.54, 1.807) is 6.92 Å². The highest BCUT2D eigenvalue weighted by atomic mass is 31.0. The summed E-state index contributed by atoms with van der Waals surface area (Å²) >= 11 is 0. The molecule has 0 aliphatic heterocycles. The Hall–Kier alpha value is -0.470. The summed E-state index contributed by atoms with van der Waals surface area (Å²) in [6, 6.07) is -0.572. The van der Waals surface area contributed by atoms with E-state index in [2.05, 4.69) is 14.5 Å². The average molecular weight is 219 g/mol. The van der Waals surface area contributed by atoms with Gasteiger partial charge in [-0.15, -0.1) is 0 Å². The van der Waals surface area contributed by atoms with Gasteiger partial charge in [-0.1, -0.05) is 23.2 Å². The maximum absolute atomic E-state index is 11.4. The minimum Gasteiger partial charge on any atom is -0.465 e. The second-order valence-corrected chi connectivity index (χ2v) is 3.69. The lowest BCUT2D eigenvalue weighted by molar-refractivity contribution is -0.148. The molecule has 0 bridgehead atoms. The van der Waals surface area contributed by atoms with Crippen LogP contribution in [-0.2, 0) is 14.3 Å². The molecule has 0 heterocycles. The van der Waals surface area contributed by atoms with Crippen LogP contribution < -0.4 is 5.09 Å². The van der Waals surface area contributed by atoms with Gasteiger partial charge in [0, 0.05) is 5.92 Å². The normalized spacial score (nSPS) is 14.9. The summed E-state index contributed by atoms with van der Waals surface area (Å²) < 4.78 is 4.85. The number of ether oxygens (including phenoxy) is 1. The van der Waals surface area contributed by atoms with E-state index in [1.807, 2.05) is 13.8 Å². The number of nitrogens with one attached hydrogen (secondary N) is 1. The van der Waals surface area contributed by atoms with Crippen molar-refractivity contribution in [2.45, 2.75) is 26.8 Å². The monoisotopic (exact) mass is 219 g/mol. The van der Waals surface area contributed by atoms with E-state index < -0.39 is 6.04 Å². The summed E-state index contributed by atoms with van der Waals surface area (Å²) in [5.41, 5.74) is 0. The molecule has 4 nitrogen and oxygen atoms in total. The van der Waals surface area contributed by atoms with Crippen LogP contribution in [-0.4, -0.2) is 24.9 Å². The highest BCUT2D eigenvalue weighted by molar-refractivity contribution is 7.13. The molecule has 0 aliphatic carbocycles. The average Bonchev–Trinajstić information content (AvgIpc) is 2.13. The fraction of sp³-hybridized carbons (Fsp3) is 0.778. The van der Waals surface area contributed by atoms with Crippen molar-refractivity contribution >= 4 is 21.6 Å². The van der Waals surface area contributed by atoms with Crippen LogP contribution in [0.25, 0.3) is 0 Å². The Morgan fingerprint density at radius 1 is 1.57 bits per heavy atom. The number of hydrogen-bond donors (Lipinski definition) is 1. The first-order valence-electron chi connectivity index (χ1n) is 4.66. The van der Waals surface area contributed by atoms with Gasteiger partial charge in [0.25, 0.3) is 0 Å². The van der Waals surface area contributed by atoms with Gasteiger partial charge in [0.1, 0.15) is 12.3 Å². The third-order valence-corrected chi connectivity index (χ3v) is 2.39. The van der Waals surface area contributed by atoms with E-state index >= 15 is 0 Å². The molecule has 1 N–H and O–H groups in total. The van der Waals surface area contributed by atoms with Gasteiger partial charge in [-0.05, 0) is 12.8 Å². The number of aldehydes is 1. The molecule has 0 rings (SSSR count). The van der Waals surface area contributed by atoms with E-state index in [0.29, 0.717) is 6.61 Å². The largest absolute Gasteiger partial charge is 0.465 e. The van der Waals surface area contributed by atoms with Crippen LogP contribution in [0, 0.1) is 11.8 Å². The molecule has 0 aliphatic rings. The molecule has 0 aromatic carbocycles. The van der Waals surface area contributed by atoms with Crippen LogP contribution >= 0.6 is 9.39 Å². The lowest BCUT2D eigenvalue weighted by Crippen LogP contribution is -2.42.